The average molecular weight is 349 g/mol. The van der Waals surface area contributed by atoms with Gasteiger partial charge in [0.25, 0.3) is 0 Å². The topological polar surface area (TPSA) is 34.1 Å². The lowest BCUT2D eigenvalue weighted by Gasteiger charge is -2.15. The minimum Gasteiger partial charge on any atom is -0.492 e. The molecule has 0 fully saturated rings. The van der Waals surface area contributed by atoms with Crippen molar-refractivity contribution in [2.75, 3.05) is 6.61 Å². The van der Waals surface area contributed by atoms with E-state index in [0.717, 1.165) is 28.9 Å². The van der Waals surface area contributed by atoms with E-state index in [4.69, 9.17) is 4.74 Å². The second-order valence-corrected chi connectivity index (χ2v) is 6.04. The van der Waals surface area contributed by atoms with Crippen LogP contribution in [0.4, 0.5) is 0 Å². The first-order chi connectivity index (χ1) is 10.2. The molecule has 0 aliphatic carbocycles. The van der Waals surface area contributed by atoms with Crippen LogP contribution in [-0.2, 0) is 13.0 Å². The molecule has 0 aliphatic rings. The molecule has 0 amide bonds. The molecule has 0 saturated heterocycles. The van der Waals surface area contributed by atoms with Crippen LogP contribution in [0.2, 0.25) is 0 Å². The number of hydrogen-bond acceptors (Lipinski definition) is 3. The summed E-state index contributed by atoms with van der Waals surface area (Å²) in [5, 5.41) is 3.42. The van der Waals surface area contributed by atoms with Gasteiger partial charge in [0.15, 0.2) is 0 Å². The van der Waals surface area contributed by atoms with E-state index >= 15 is 0 Å². The molecule has 2 rings (SSSR count). The van der Waals surface area contributed by atoms with Crippen LogP contribution in [0.5, 0.6) is 5.75 Å². The number of para-hydroxylation sites is 1. The zero-order chi connectivity index (χ0) is 15.1. The molecule has 0 atom stereocenters. The smallest absolute Gasteiger partial charge is 0.137 e. The average Bonchev–Trinajstić information content (AvgIpc) is 2.48. The summed E-state index contributed by atoms with van der Waals surface area (Å²) in [6.07, 6.45) is 2.62. The highest BCUT2D eigenvalue weighted by molar-refractivity contribution is 9.10. The van der Waals surface area contributed by atoms with Gasteiger partial charge < -0.3 is 10.1 Å². The van der Waals surface area contributed by atoms with E-state index in [2.05, 4.69) is 46.1 Å². The third-order valence-corrected chi connectivity index (χ3v) is 3.70. The Balaban J connectivity index is 1.98. The summed E-state index contributed by atoms with van der Waals surface area (Å²) in [4.78, 5) is 4.31. The van der Waals surface area contributed by atoms with Gasteiger partial charge in [-0.25, -0.2) is 0 Å². The van der Waals surface area contributed by atoms with E-state index in [1.165, 1.54) is 5.56 Å². The van der Waals surface area contributed by atoms with E-state index in [0.29, 0.717) is 12.6 Å². The lowest BCUT2D eigenvalue weighted by Crippen LogP contribution is -2.22. The minimum atomic E-state index is 0.449. The van der Waals surface area contributed by atoms with Crippen molar-refractivity contribution in [3.8, 4) is 5.75 Å². The Morgan fingerprint density at radius 3 is 2.76 bits per heavy atom. The number of nitrogens with one attached hydrogen (secondary N) is 1. The number of benzene rings is 1. The minimum absolute atomic E-state index is 0.449. The number of rotatable bonds is 7. The number of aromatic nitrogens is 1. The van der Waals surface area contributed by atoms with Gasteiger partial charge >= 0.3 is 0 Å². The second kappa shape index (κ2) is 8.15. The van der Waals surface area contributed by atoms with Gasteiger partial charge in [0.1, 0.15) is 5.75 Å². The largest absolute Gasteiger partial charge is 0.492 e. The summed E-state index contributed by atoms with van der Waals surface area (Å²) in [5.74, 6) is 0.918. The van der Waals surface area contributed by atoms with Crippen molar-refractivity contribution in [2.45, 2.75) is 32.9 Å². The van der Waals surface area contributed by atoms with Crippen molar-refractivity contribution >= 4 is 15.9 Å². The highest BCUT2D eigenvalue weighted by Gasteiger charge is 2.08. The van der Waals surface area contributed by atoms with Crippen LogP contribution >= 0.6 is 15.9 Å². The zero-order valence-electron chi connectivity index (χ0n) is 12.5. The molecule has 21 heavy (non-hydrogen) atoms. The molecule has 0 aliphatic heterocycles. The fraction of sp³-hybridized carbons (Fsp3) is 0.353. The van der Waals surface area contributed by atoms with Crippen molar-refractivity contribution in [2.24, 2.45) is 0 Å². The number of pyridine rings is 1. The molecule has 0 saturated carbocycles. The Bertz CT molecular complexity index is 558. The fourth-order valence-corrected chi connectivity index (χ4v) is 2.49. The summed E-state index contributed by atoms with van der Waals surface area (Å²) < 4.78 is 6.97. The lowest BCUT2D eigenvalue weighted by molar-refractivity contribution is 0.314. The predicted octanol–water partition coefficient (Wildman–Crippen LogP) is 3.96. The van der Waals surface area contributed by atoms with E-state index in [1.807, 2.05) is 36.5 Å². The number of halogens is 1. The highest BCUT2D eigenvalue weighted by Crippen LogP contribution is 2.29. The summed E-state index contributed by atoms with van der Waals surface area (Å²) in [6, 6.07) is 12.5. The molecule has 1 heterocycles. The first-order valence-corrected chi connectivity index (χ1v) is 7.99. The first kappa shape index (κ1) is 16.0. The van der Waals surface area contributed by atoms with Crippen molar-refractivity contribution in [1.29, 1.82) is 0 Å². The molecule has 1 aromatic carbocycles. The van der Waals surface area contributed by atoms with Crippen molar-refractivity contribution in [1.82, 2.24) is 10.3 Å². The van der Waals surface area contributed by atoms with Crippen LogP contribution in [-0.4, -0.2) is 17.6 Å². The Labute approximate surface area is 134 Å². The summed E-state index contributed by atoms with van der Waals surface area (Å²) in [6.45, 7) is 5.70. The van der Waals surface area contributed by atoms with E-state index in [9.17, 15) is 0 Å². The van der Waals surface area contributed by atoms with Crippen LogP contribution in [0.3, 0.4) is 0 Å². The molecule has 3 nitrogen and oxygen atoms in total. The molecule has 0 radical (unpaired) electrons. The van der Waals surface area contributed by atoms with Crippen LogP contribution in [0, 0.1) is 0 Å². The Morgan fingerprint density at radius 1 is 1.19 bits per heavy atom. The van der Waals surface area contributed by atoms with Gasteiger partial charge in [-0.15, -0.1) is 0 Å². The molecule has 0 spiro atoms. The molecular formula is C17H21BrN2O. The maximum absolute atomic E-state index is 5.98. The lowest BCUT2D eigenvalue weighted by atomic mass is 10.2. The Morgan fingerprint density at radius 2 is 2.05 bits per heavy atom. The molecule has 0 bridgehead atoms. The van der Waals surface area contributed by atoms with Crippen molar-refractivity contribution < 1.29 is 4.74 Å². The van der Waals surface area contributed by atoms with Crippen molar-refractivity contribution in [3.63, 3.8) is 0 Å². The molecule has 0 unspecified atom stereocenters. The second-order valence-electron chi connectivity index (χ2n) is 5.18. The first-order valence-electron chi connectivity index (χ1n) is 7.20. The normalized spacial score (nSPS) is 10.9. The molecule has 4 heteroatoms. The quantitative estimate of drug-likeness (QED) is 0.822. The molecule has 1 N–H and O–H groups in total. The number of ether oxygens (including phenoxy) is 1. The number of hydrogen-bond donors (Lipinski definition) is 1. The third kappa shape index (κ3) is 5.14. The molecular weight excluding hydrogens is 328 g/mol. The summed E-state index contributed by atoms with van der Waals surface area (Å²) in [7, 11) is 0. The van der Waals surface area contributed by atoms with Gasteiger partial charge in [0.2, 0.25) is 0 Å². The van der Waals surface area contributed by atoms with Crippen molar-refractivity contribution in [3.05, 3.63) is 58.3 Å². The Hall–Kier alpha value is -1.39. The van der Waals surface area contributed by atoms with E-state index < -0.39 is 0 Å². The number of nitrogens with zero attached hydrogens (tertiary/aromatic N) is 1. The van der Waals surface area contributed by atoms with Crippen LogP contribution in [0.1, 0.15) is 25.1 Å². The zero-order valence-corrected chi connectivity index (χ0v) is 14.1. The molecule has 1 aromatic heterocycles. The SMILES string of the molecule is CC(C)NCc1cccc(Br)c1OCCc1ccccn1. The maximum Gasteiger partial charge on any atom is 0.137 e. The summed E-state index contributed by atoms with van der Waals surface area (Å²) in [5.41, 5.74) is 2.21. The Kier molecular flexibility index (Phi) is 6.21. The fourth-order valence-electron chi connectivity index (χ4n) is 1.97. The van der Waals surface area contributed by atoms with Gasteiger partial charge in [-0.2, -0.15) is 0 Å². The monoisotopic (exact) mass is 348 g/mol. The van der Waals surface area contributed by atoms with Crippen LogP contribution in [0.15, 0.2) is 47.1 Å². The predicted molar refractivity (Wildman–Crippen MR) is 89.6 cm³/mol. The maximum atomic E-state index is 5.98. The summed E-state index contributed by atoms with van der Waals surface area (Å²) >= 11 is 3.57. The third-order valence-electron chi connectivity index (χ3n) is 3.08. The van der Waals surface area contributed by atoms with Crippen LogP contribution < -0.4 is 10.1 Å². The van der Waals surface area contributed by atoms with Gasteiger partial charge in [-0.1, -0.05) is 32.0 Å². The van der Waals surface area contributed by atoms with Gasteiger partial charge in [-0.3, -0.25) is 4.98 Å². The standard InChI is InChI=1S/C17H21BrN2O/c1-13(2)20-12-14-6-5-8-16(18)17(14)21-11-9-15-7-3-4-10-19-15/h3-8,10,13,20H,9,11-12H2,1-2H3. The van der Waals surface area contributed by atoms with E-state index in [-0.39, 0.29) is 0 Å². The molecule has 2 aromatic rings. The van der Waals surface area contributed by atoms with Crippen LogP contribution in [0.25, 0.3) is 0 Å². The highest BCUT2D eigenvalue weighted by atomic mass is 79.9. The van der Waals surface area contributed by atoms with Gasteiger partial charge in [-0.05, 0) is 34.1 Å². The van der Waals surface area contributed by atoms with E-state index in [1.54, 1.807) is 0 Å². The van der Waals surface area contributed by atoms with Gasteiger partial charge in [0.05, 0.1) is 11.1 Å². The van der Waals surface area contributed by atoms with Gasteiger partial charge in [0, 0.05) is 36.5 Å². The molecule has 112 valence electrons.